The average Bonchev–Trinajstić information content (AvgIpc) is 1.97. The molecular formula is C5H4Cl3FN2. The first kappa shape index (κ1) is 9.10. The van der Waals surface area contributed by atoms with Crippen molar-refractivity contribution < 1.29 is 4.39 Å². The van der Waals surface area contributed by atoms with Crippen molar-refractivity contribution in [3.05, 3.63) is 11.0 Å². The van der Waals surface area contributed by atoms with E-state index < -0.39 is 11.5 Å². The highest BCUT2D eigenvalue weighted by Gasteiger charge is 2.24. The van der Waals surface area contributed by atoms with Crippen LogP contribution in [0, 0.1) is 0 Å². The fourth-order valence-electron chi connectivity index (χ4n) is 0.570. The van der Waals surface area contributed by atoms with Gasteiger partial charge in [0, 0.05) is 7.05 Å². The van der Waals surface area contributed by atoms with E-state index in [4.69, 9.17) is 34.8 Å². The average molecular weight is 217 g/mol. The number of hydrogen-bond acceptors (Lipinski definition) is 2. The lowest BCUT2D eigenvalue weighted by atomic mass is 10.5. The van der Waals surface area contributed by atoms with Crippen molar-refractivity contribution in [2.24, 2.45) is 4.99 Å². The molecule has 0 aromatic heterocycles. The van der Waals surface area contributed by atoms with Crippen molar-refractivity contribution >= 4 is 40.0 Å². The van der Waals surface area contributed by atoms with Gasteiger partial charge in [0.1, 0.15) is 5.16 Å². The standard InChI is InChI=1S/C5H4Cl3FN2/c1-11-4(7)2(9)3(6)10-5(11)8/h5H,1H3. The summed E-state index contributed by atoms with van der Waals surface area (Å²) in [7, 11) is 1.52. The quantitative estimate of drug-likeness (QED) is 0.450. The Morgan fingerprint density at radius 3 is 2.64 bits per heavy atom. The van der Waals surface area contributed by atoms with Crippen molar-refractivity contribution in [3.63, 3.8) is 0 Å². The van der Waals surface area contributed by atoms with Gasteiger partial charge < -0.3 is 4.90 Å². The van der Waals surface area contributed by atoms with Crippen LogP contribution in [0.3, 0.4) is 0 Å². The highest BCUT2D eigenvalue weighted by molar-refractivity contribution is 6.70. The van der Waals surface area contributed by atoms with Crippen LogP contribution in [0.15, 0.2) is 16.0 Å². The molecule has 0 saturated heterocycles. The maximum atomic E-state index is 12.8. The minimum atomic E-state index is -0.743. The molecule has 1 aliphatic heterocycles. The van der Waals surface area contributed by atoms with Gasteiger partial charge in [-0.1, -0.05) is 34.8 Å². The number of nitrogens with zero attached hydrogens (tertiary/aromatic N) is 2. The molecule has 6 heteroatoms. The van der Waals surface area contributed by atoms with Crippen LogP contribution in [0.2, 0.25) is 0 Å². The second-order valence-electron chi connectivity index (χ2n) is 1.95. The fourth-order valence-corrected chi connectivity index (χ4v) is 1.28. The Bertz CT molecular complexity index is 238. The Morgan fingerprint density at radius 1 is 1.55 bits per heavy atom. The number of halogens is 4. The number of aliphatic imine (C=N–C) groups is 1. The lowest BCUT2D eigenvalue weighted by Crippen LogP contribution is -2.28. The van der Waals surface area contributed by atoms with Gasteiger partial charge >= 0.3 is 0 Å². The van der Waals surface area contributed by atoms with Crippen LogP contribution in [-0.4, -0.2) is 22.7 Å². The first-order chi connectivity index (χ1) is 5.04. The van der Waals surface area contributed by atoms with E-state index in [0.29, 0.717) is 0 Å². The normalized spacial score (nSPS) is 25.7. The van der Waals surface area contributed by atoms with Gasteiger partial charge in [-0.2, -0.15) is 0 Å². The van der Waals surface area contributed by atoms with Gasteiger partial charge in [0.15, 0.2) is 16.6 Å². The molecule has 0 N–H and O–H groups in total. The second kappa shape index (κ2) is 3.17. The monoisotopic (exact) mass is 216 g/mol. The van der Waals surface area contributed by atoms with E-state index in [1.165, 1.54) is 11.9 Å². The predicted octanol–water partition coefficient (Wildman–Crippen LogP) is 2.47. The Hall–Kier alpha value is 0.01000. The Morgan fingerprint density at radius 2 is 2.09 bits per heavy atom. The highest BCUT2D eigenvalue weighted by Crippen LogP contribution is 2.27. The minimum Gasteiger partial charge on any atom is -0.328 e. The minimum absolute atomic E-state index is 0.120. The maximum Gasteiger partial charge on any atom is 0.200 e. The summed E-state index contributed by atoms with van der Waals surface area (Å²) in [6.07, 6.45) is 0. The van der Waals surface area contributed by atoms with E-state index >= 15 is 0 Å². The van der Waals surface area contributed by atoms with Gasteiger partial charge in [-0.25, -0.2) is 9.38 Å². The van der Waals surface area contributed by atoms with Crippen molar-refractivity contribution in [3.8, 4) is 0 Å². The van der Waals surface area contributed by atoms with Gasteiger partial charge in [0.05, 0.1) is 0 Å². The molecule has 0 radical (unpaired) electrons. The SMILES string of the molecule is CN1C(Cl)=C(F)C(Cl)=NC1Cl. The van der Waals surface area contributed by atoms with E-state index in [1.807, 2.05) is 0 Å². The summed E-state index contributed by atoms with van der Waals surface area (Å²) >= 11 is 16.4. The largest absolute Gasteiger partial charge is 0.328 e. The predicted molar refractivity (Wildman–Crippen MR) is 44.7 cm³/mol. The van der Waals surface area contributed by atoms with Gasteiger partial charge in [0.2, 0.25) is 0 Å². The van der Waals surface area contributed by atoms with E-state index in [-0.39, 0.29) is 10.3 Å². The van der Waals surface area contributed by atoms with Crippen LogP contribution in [0.5, 0.6) is 0 Å². The van der Waals surface area contributed by atoms with Gasteiger partial charge in [0.25, 0.3) is 0 Å². The Balaban J connectivity index is 3.02. The fraction of sp³-hybridized carbons (Fsp3) is 0.400. The molecule has 1 rings (SSSR count). The third kappa shape index (κ3) is 1.60. The summed E-state index contributed by atoms with van der Waals surface area (Å²) in [5.74, 6) is -0.743. The lowest BCUT2D eigenvalue weighted by Gasteiger charge is -2.24. The summed E-state index contributed by atoms with van der Waals surface area (Å²) in [4.78, 5) is 4.82. The third-order valence-electron chi connectivity index (χ3n) is 1.21. The summed E-state index contributed by atoms with van der Waals surface area (Å²) in [6, 6.07) is 0. The van der Waals surface area contributed by atoms with Crippen molar-refractivity contribution in [2.45, 2.75) is 5.62 Å². The third-order valence-corrected chi connectivity index (χ3v) is 2.30. The molecule has 1 atom stereocenters. The molecule has 0 amide bonds. The molecule has 0 fully saturated rings. The zero-order chi connectivity index (χ0) is 8.59. The summed E-state index contributed by atoms with van der Waals surface area (Å²) in [6.45, 7) is 0. The van der Waals surface area contributed by atoms with Crippen LogP contribution >= 0.6 is 34.8 Å². The van der Waals surface area contributed by atoms with Gasteiger partial charge in [-0.05, 0) is 0 Å². The molecule has 0 saturated carbocycles. The molecular weight excluding hydrogens is 213 g/mol. The summed E-state index contributed by atoms with van der Waals surface area (Å²) < 4.78 is 12.8. The van der Waals surface area contributed by atoms with Gasteiger partial charge in [-0.15, -0.1) is 0 Å². The zero-order valence-electron chi connectivity index (χ0n) is 5.48. The van der Waals surface area contributed by atoms with Crippen molar-refractivity contribution in [1.29, 1.82) is 0 Å². The molecule has 1 heterocycles. The molecule has 0 bridgehead atoms. The molecule has 2 nitrogen and oxygen atoms in total. The lowest BCUT2D eigenvalue weighted by molar-refractivity contribution is 0.396. The topological polar surface area (TPSA) is 15.6 Å². The summed E-state index contributed by atoms with van der Waals surface area (Å²) in [5.41, 5.74) is -0.727. The van der Waals surface area contributed by atoms with Crippen LogP contribution < -0.4 is 0 Å². The Kier molecular flexibility index (Phi) is 2.62. The van der Waals surface area contributed by atoms with Crippen LogP contribution in [0.4, 0.5) is 4.39 Å². The Labute approximate surface area is 78.2 Å². The molecule has 1 aliphatic rings. The first-order valence-corrected chi connectivity index (χ1v) is 3.89. The van der Waals surface area contributed by atoms with Crippen molar-refractivity contribution in [1.82, 2.24) is 4.90 Å². The van der Waals surface area contributed by atoms with E-state index in [0.717, 1.165) is 0 Å². The molecule has 0 aromatic rings. The van der Waals surface area contributed by atoms with E-state index in [1.54, 1.807) is 0 Å². The van der Waals surface area contributed by atoms with Crippen LogP contribution in [0.25, 0.3) is 0 Å². The van der Waals surface area contributed by atoms with E-state index in [9.17, 15) is 4.39 Å². The molecule has 62 valence electrons. The number of alkyl halides is 1. The smallest absolute Gasteiger partial charge is 0.200 e. The first-order valence-electron chi connectivity index (χ1n) is 2.70. The molecule has 0 spiro atoms. The molecule has 0 aromatic carbocycles. The molecule has 11 heavy (non-hydrogen) atoms. The van der Waals surface area contributed by atoms with Gasteiger partial charge in [-0.3, -0.25) is 0 Å². The second-order valence-corrected chi connectivity index (χ2v) is 3.05. The maximum absolute atomic E-state index is 12.8. The van der Waals surface area contributed by atoms with Crippen LogP contribution in [-0.2, 0) is 0 Å². The van der Waals surface area contributed by atoms with Crippen LogP contribution in [0.1, 0.15) is 0 Å². The number of rotatable bonds is 0. The number of allylic oxidation sites excluding steroid dienone is 1. The number of hydrogen-bond donors (Lipinski definition) is 0. The zero-order valence-corrected chi connectivity index (χ0v) is 7.75. The molecule has 1 unspecified atom stereocenters. The highest BCUT2D eigenvalue weighted by atomic mass is 35.5. The summed E-state index contributed by atoms with van der Waals surface area (Å²) in [5, 5.41) is -0.405. The molecule has 0 aliphatic carbocycles. The van der Waals surface area contributed by atoms with Crippen molar-refractivity contribution in [2.75, 3.05) is 7.05 Å². The van der Waals surface area contributed by atoms with E-state index in [2.05, 4.69) is 4.99 Å².